The average Bonchev–Trinajstić information content (AvgIpc) is 3.83. The fraction of sp³-hybridized carbons (Fsp3) is 0.656. The number of nitrogens with one attached hydrogen (secondary N) is 1. The number of benzene rings is 1. The molecule has 3 heterocycles. The van der Waals surface area contributed by atoms with Crippen LogP contribution in [0.2, 0.25) is 0 Å². The second-order valence-corrected chi connectivity index (χ2v) is 11.8. The zero-order chi connectivity index (χ0) is 28.6. The van der Waals surface area contributed by atoms with Gasteiger partial charge in [-0.05, 0) is 85.6 Å². The third-order valence-electron chi connectivity index (χ3n) is 8.73. The standard InChI is InChI=1S/C32H48N4O5/c1-34-10-8-26(21-31(34)37)29-7-9-33-22-30(29)32(38)36(27-5-6-27)23-25-18-24(4-3-14-39-2)19-28(20-25)41-17-13-35-11-15-40-16-12-35/h8,10,18-21,27,29-31,33,37H,3-7,9,11-17,22-23H2,1-2H3/t29-,30+,31+/m1/s1. The number of aliphatic hydroxyl groups excluding tert-OH is 1. The highest BCUT2D eigenvalue weighted by Crippen LogP contribution is 2.36. The molecule has 1 aromatic carbocycles. The van der Waals surface area contributed by atoms with Crippen molar-refractivity contribution in [1.29, 1.82) is 0 Å². The van der Waals surface area contributed by atoms with Crippen LogP contribution < -0.4 is 10.1 Å². The van der Waals surface area contributed by atoms with E-state index in [1.165, 1.54) is 5.56 Å². The van der Waals surface area contributed by atoms with Gasteiger partial charge in [-0.3, -0.25) is 9.69 Å². The van der Waals surface area contributed by atoms with Crippen molar-refractivity contribution in [3.05, 3.63) is 53.3 Å². The average molecular weight is 569 g/mol. The van der Waals surface area contributed by atoms with E-state index in [-0.39, 0.29) is 17.7 Å². The molecule has 0 aromatic heterocycles. The summed E-state index contributed by atoms with van der Waals surface area (Å²) in [7, 11) is 3.60. The van der Waals surface area contributed by atoms with Crippen molar-refractivity contribution in [2.45, 2.75) is 50.9 Å². The number of nitrogens with zero attached hydrogens (tertiary/aromatic N) is 3. The molecule has 1 aliphatic carbocycles. The summed E-state index contributed by atoms with van der Waals surface area (Å²) in [4.78, 5) is 20.5. The van der Waals surface area contributed by atoms with E-state index in [2.05, 4.69) is 39.4 Å². The molecule has 5 rings (SSSR count). The van der Waals surface area contributed by atoms with Crippen LogP contribution in [0, 0.1) is 11.8 Å². The van der Waals surface area contributed by atoms with Gasteiger partial charge in [0.05, 0.1) is 19.1 Å². The van der Waals surface area contributed by atoms with Gasteiger partial charge in [0.1, 0.15) is 18.6 Å². The van der Waals surface area contributed by atoms with Crippen LogP contribution in [0.3, 0.4) is 0 Å². The number of aliphatic hydroxyl groups is 1. The van der Waals surface area contributed by atoms with Crippen LogP contribution in [0.5, 0.6) is 5.75 Å². The van der Waals surface area contributed by atoms with Crippen LogP contribution in [-0.2, 0) is 27.2 Å². The van der Waals surface area contributed by atoms with Crippen LogP contribution in [0.1, 0.15) is 36.8 Å². The summed E-state index contributed by atoms with van der Waals surface area (Å²) in [6, 6.07) is 6.80. The Kier molecular flexibility index (Phi) is 10.7. The summed E-state index contributed by atoms with van der Waals surface area (Å²) in [5, 5.41) is 13.9. The first-order valence-corrected chi connectivity index (χ1v) is 15.4. The third-order valence-corrected chi connectivity index (χ3v) is 8.73. The van der Waals surface area contributed by atoms with E-state index in [1.54, 1.807) is 12.0 Å². The largest absolute Gasteiger partial charge is 0.492 e. The number of hydrogen-bond donors (Lipinski definition) is 2. The highest BCUT2D eigenvalue weighted by atomic mass is 16.5. The van der Waals surface area contributed by atoms with E-state index in [9.17, 15) is 9.90 Å². The summed E-state index contributed by atoms with van der Waals surface area (Å²) in [6.07, 6.45) is 10.1. The van der Waals surface area contributed by atoms with Gasteiger partial charge in [0.15, 0.2) is 0 Å². The maximum atomic E-state index is 14.2. The molecule has 2 N–H and O–H groups in total. The van der Waals surface area contributed by atoms with Gasteiger partial charge < -0.3 is 34.4 Å². The molecule has 3 aliphatic heterocycles. The number of hydrogen-bond acceptors (Lipinski definition) is 8. The predicted octanol–water partition coefficient (Wildman–Crippen LogP) is 2.40. The molecule has 1 aromatic rings. The van der Waals surface area contributed by atoms with Crippen molar-refractivity contribution in [1.82, 2.24) is 20.0 Å². The van der Waals surface area contributed by atoms with Crippen molar-refractivity contribution in [2.24, 2.45) is 11.8 Å². The minimum absolute atomic E-state index is 0.101. The van der Waals surface area contributed by atoms with E-state index in [0.29, 0.717) is 25.7 Å². The molecule has 3 atom stereocenters. The van der Waals surface area contributed by atoms with Crippen LogP contribution in [-0.4, -0.2) is 111 Å². The van der Waals surface area contributed by atoms with E-state index in [0.717, 1.165) is 95.0 Å². The SMILES string of the molecule is COCCCc1cc(CN(C(=O)[C@H]2CNCC[C@@H]2C2=C[C@H](O)N(C)C=C2)C2CC2)cc(OCCN2CCOCC2)c1. The van der Waals surface area contributed by atoms with Gasteiger partial charge in [0.2, 0.25) is 5.91 Å². The zero-order valence-corrected chi connectivity index (χ0v) is 24.8. The highest BCUT2D eigenvalue weighted by molar-refractivity contribution is 5.81. The van der Waals surface area contributed by atoms with Gasteiger partial charge in [-0.25, -0.2) is 0 Å². The Morgan fingerprint density at radius 1 is 1.15 bits per heavy atom. The minimum Gasteiger partial charge on any atom is -0.492 e. The fourth-order valence-electron chi connectivity index (χ4n) is 6.17. The zero-order valence-electron chi connectivity index (χ0n) is 24.8. The number of allylic oxidation sites excluding steroid dienone is 2. The summed E-state index contributed by atoms with van der Waals surface area (Å²) >= 11 is 0. The molecule has 1 saturated carbocycles. The molecule has 0 unspecified atom stereocenters. The predicted molar refractivity (Wildman–Crippen MR) is 158 cm³/mol. The van der Waals surface area contributed by atoms with Crippen LogP contribution in [0.15, 0.2) is 42.1 Å². The van der Waals surface area contributed by atoms with Crippen LogP contribution in [0.4, 0.5) is 0 Å². The maximum absolute atomic E-state index is 14.2. The van der Waals surface area contributed by atoms with E-state index >= 15 is 0 Å². The topological polar surface area (TPSA) is 86.7 Å². The number of carbonyl (C=O) groups is 1. The molecular weight excluding hydrogens is 520 g/mol. The lowest BCUT2D eigenvalue weighted by molar-refractivity contribution is -0.138. The normalized spacial score (nSPS) is 25.2. The Balaban J connectivity index is 1.30. The third kappa shape index (κ3) is 8.32. The summed E-state index contributed by atoms with van der Waals surface area (Å²) < 4.78 is 17.0. The second-order valence-electron chi connectivity index (χ2n) is 11.8. The Labute approximate surface area is 245 Å². The van der Waals surface area contributed by atoms with Crippen LogP contribution >= 0.6 is 0 Å². The Morgan fingerprint density at radius 2 is 1.95 bits per heavy atom. The lowest BCUT2D eigenvalue weighted by Crippen LogP contribution is -2.48. The number of methoxy groups -OCH3 is 1. The Bertz CT molecular complexity index is 1070. The number of ether oxygens (including phenoxy) is 3. The summed E-state index contributed by atoms with van der Waals surface area (Å²) in [5.41, 5.74) is 3.41. The van der Waals surface area contributed by atoms with Gasteiger partial charge in [-0.2, -0.15) is 0 Å². The molecule has 3 fully saturated rings. The number of amides is 1. The number of morpholine rings is 1. The molecule has 226 valence electrons. The number of aryl methyl sites for hydroxylation is 1. The molecule has 2 saturated heterocycles. The molecule has 41 heavy (non-hydrogen) atoms. The lowest BCUT2D eigenvalue weighted by atomic mass is 9.79. The molecule has 0 spiro atoms. The second kappa shape index (κ2) is 14.6. The molecule has 9 heteroatoms. The highest BCUT2D eigenvalue weighted by Gasteiger charge is 2.40. The fourth-order valence-corrected chi connectivity index (χ4v) is 6.17. The van der Waals surface area contributed by atoms with Gasteiger partial charge in [0.25, 0.3) is 0 Å². The van der Waals surface area contributed by atoms with E-state index in [1.807, 2.05) is 19.3 Å². The maximum Gasteiger partial charge on any atom is 0.228 e. The van der Waals surface area contributed by atoms with E-state index < -0.39 is 6.23 Å². The van der Waals surface area contributed by atoms with Crippen molar-refractivity contribution in [3.8, 4) is 5.75 Å². The number of rotatable bonds is 13. The van der Waals surface area contributed by atoms with Crippen molar-refractivity contribution in [3.63, 3.8) is 0 Å². The van der Waals surface area contributed by atoms with Crippen molar-refractivity contribution >= 4 is 5.91 Å². The monoisotopic (exact) mass is 568 g/mol. The Morgan fingerprint density at radius 3 is 2.71 bits per heavy atom. The first-order chi connectivity index (χ1) is 20.0. The van der Waals surface area contributed by atoms with Crippen LogP contribution in [0.25, 0.3) is 0 Å². The molecule has 1 amide bonds. The first kappa shape index (κ1) is 30.0. The number of carbonyl (C=O) groups excluding carboxylic acids is 1. The van der Waals surface area contributed by atoms with Crippen molar-refractivity contribution in [2.75, 3.05) is 73.3 Å². The molecule has 4 aliphatic rings. The minimum atomic E-state index is -0.650. The van der Waals surface area contributed by atoms with Gasteiger partial charge in [0, 0.05) is 65.7 Å². The quantitative estimate of drug-likeness (QED) is 0.351. The van der Waals surface area contributed by atoms with E-state index in [4.69, 9.17) is 14.2 Å². The van der Waals surface area contributed by atoms with Gasteiger partial charge >= 0.3 is 0 Å². The van der Waals surface area contributed by atoms with Gasteiger partial charge in [-0.1, -0.05) is 6.07 Å². The first-order valence-electron chi connectivity index (χ1n) is 15.4. The smallest absolute Gasteiger partial charge is 0.228 e. The molecule has 9 nitrogen and oxygen atoms in total. The number of piperidine rings is 1. The summed E-state index contributed by atoms with van der Waals surface area (Å²) in [5.74, 6) is 1.04. The number of likely N-dealkylation sites (N-methyl/N-ethyl adjacent to an activating group) is 1. The van der Waals surface area contributed by atoms with Crippen molar-refractivity contribution < 1.29 is 24.1 Å². The molecule has 0 radical (unpaired) electrons. The Hall–Kier alpha value is -2.43. The molecule has 0 bridgehead atoms. The summed E-state index contributed by atoms with van der Waals surface area (Å²) in [6.45, 7) is 7.82. The van der Waals surface area contributed by atoms with Gasteiger partial charge in [-0.15, -0.1) is 0 Å². The lowest BCUT2D eigenvalue weighted by Gasteiger charge is -2.37. The molecular formula is C32H48N4O5.